The Labute approximate surface area is 217 Å². The molecule has 190 valence electrons. The van der Waals surface area contributed by atoms with Gasteiger partial charge in [-0.15, -0.1) is 0 Å². The van der Waals surface area contributed by atoms with Crippen LogP contribution in [0.1, 0.15) is 39.5 Å². The fourth-order valence-corrected chi connectivity index (χ4v) is 4.83. The van der Waals surface area contributed by atoms with E-state index in [1.165, 1.54) is 12.3 Å². The summed E-state index contributed by atoms with van der Waals surface area (Å²) in [5, 5.41) is 18.2. The van der Waals surface area contributed by atoms with Gasteiger partial charge in [0, 0.05) is 47.7 Å². The number of halogens is 1. The molecule has 0 radical (unpaired) electrons. The summed E-state index contributed by atoms with van der Waals surface area (Å²) in [5.41, 5.74) is 4.35. The minimum absolute atomic E-state index is 0.137. The molecular formula is C28H25FN8O. The number of amides is 1. The van der Waals surface area contributed by atoms with E-state index in [1.807, 2.05) is 36.4 Å². The Kier molecular flexibility index (Phi) is 6.12. The van der Waals surface area contributed by atoms with E-state index in [0.717, 1.165) is 27.8 Å². The molecule has 0 aliphatic carbocycles. The number of aryl methyl sites for hydroxylation is 1. The van der Waals surface area contributed by atoms with E-state index in [2.05, 4.69) is 30.9 Å². The van der Waals surface area contributed by atoms with E-state index < -0.39 is 0 Å². The third-order valence-electron chi connectivity index (χ3n) is 6.64. The Morgan fingerprint density at radius 2 is 2.05 bits per heavy atom. The Bertz CT molecular complexity index is 1670. The summed E-state index contributed by atoms with van der Waals surface area (Å²) < 4.78 is 16.9. The molecule has 1 unspecified atom stereocenters. The maximum absolute atomic E-state index is 15.3. The lowest BCUT2D eigenvalue weighted by atomic mass is 9.87. The van der Waals surface area contributed by atoms with Crippen LogP contribution in [0.25, 0.3) is 10.9 Å². The summed E-state index contributed by atoms with van der Waals surface area (Å²) in [7, 11) is 1.75. The highest BCUT2D eigenvalue weighted by Gasteiger charge is 2.25. The maximum Gasteiger partial charge on any atom is 0.260 e. The molecule has 5 aromatic rings. The van der Waals surface area contributed by atoms with Crippen LogP contribution >= 0.6 is 0 Å². The fraction of sp³-hybridized carbons (Fsp3) is 0.179. The number of pyridine rings is 1. The molecule has 1 aliphatic rings. The quantitative estimate of drug-likeness (QED) is 0.319. The number of nitrogens with one attached hydrogen (secondary N) is 3. The number of aromatic amines is 1. The molecule has 38 heavy (non-hydrogen) atoms. The topological polar surface area (TPSA) is 113 Å². The normalized spacial score (nSPS) is 15.0. The molecule has 1 amide bonds. The highest BCUT2D eigenvalue weighted by Crippen LogP contribution is 2.33. The zero-order valence-corrected chi connectivity index (χ0v) is 20.6. The first kappa shape index (κ1) is 23.5. The molecule has 0 saturated heterocycles. The van der Waals surface area contributed by atoms with Gasteiger partial charge in [-0.25, -0.2) is 9.37 Å². The minimum Gasteiger partial charge on any atom is -0.340 e. The number of carbonyl (C=O) groups excluding carboxylic acids is 1. The number of anilines is 2. The summed E-state index contributed by atoms with van der Waals surface area (Å²) in [6.45, 7) is 0.534. The van der Waals surface area contributed by atoms with Gasteiger partial charge in [-0.3, -0.25) is 19.6 Å². The SMILES string of the molecule is Cn1cc(C(=O)Nc2cccc(CC3CCN=C(Nc4ccc5[nH]ncc5c4)c4cccc(F)c43)n2)cn1. The van der Waals surface area contributed by atoms with Crippen molar-refractivity contribution < 1.29 is 9.18 Å². The summed E-state index contributed by atoms with van der Waals surface area (Å²) in [4.78, 5) is 22.0. The van der Waals surface area contributed by atoms with Gasteiger partial charge in [0.1, 0.15) is 17.5 Å². The molecule has 3 N–H and O–H groups in total. The van der Waals surface area contributed by atoms with E-state index in [9.17, 15) is 4.79 Å². The zero-order valence-electron chi connectivity index (χ0n) is 20.6. The van der Waals surface area contributed by atoms with Gasteiger partial charge >= 0.3 is 0 Å². The molecule has 0 fully saturated rings. The standard InChI is InChI=1S/C28H25FN8O/c1-37-16-19(15-32-37)28(38)35-25-7-2-4-20(33-25)12-17-10-11-30-27(22-5-3-6-23(29)26(17)22)34-21-8-9-24-18(13-21)14-31-36-24/h2-9,13-17H,10-12H2,1H3,(H,30,34)(H,31,36)(H,33,35,38). The van der Waals surface area contributed by atoms with Crippen molar-refractivity contribution >= 4 is 34.2 Å². The van der Waals surface area contributed by atoms with Crippen molar-refractivity contribution in [3.8, 4) is 0 Å². The van der Waals surface area contributed by atoms with E-state index in [-0.39, 0.29) is 17.6 Å². The smallest absolute Gasteiger partial charge is 0.260 e. The van der Waals surface area contributed by atoms with Crippen molar-refractivity contribution in [2.75, 3.05) is 17.2 Å². The van der Waals surface area contributed by atoms with Crippen LogP contribution in [0.5, 0.6) is 0 Å². The van der Waals surface area contributed by atoms with Crippen LogP contribution in [0, 0.1) is 5.82 Å². The first-order chi connectivity index (χ1) is 18.5. The Morgan fingerprint density at radius 3 is 2.92 bits per heavy atom. The van der Waals surface area contributed by atoms with Crippen LogP contribution in [0.4, 0.5) is 15.9 Å². The lowest BCUT2D eigenvalue weighted by molar-refractivity contribution is 0.102. The van der Waals surface area contributed by atoms with Crippen LogP contribution in [0.15, 0.2) is 78.2 Å². The number of nitrogens with zero attached hydrogens (tertiary/aromatic N) is 5. The number of hydrogen-bond donors (Lipinski definition) is 3. The highest BCUT2D eigenvalue weighted by atomic mass is 19.1. The molecule has 0 saturated carbocycles. The highest BCUT2D eigenvalue weighted by molar-refractivity contribution is 6.10. The van der Waals surface area contributed by atoms with Crippen molar-refractivity contribution in [1.82, 2.24) is 25.0 Å². The lowest BCUT2D eigenvalue weighted by Gasteiger charge is -2.19. The Balaban J connectivity index is 1.24. The molecule has 1 aliphatic heterocycles. The molecule has 10 heteroatoms. The summed E-state index contributed by atoms with van der Waals surface area (Å²) in [6.07, 6.45) is 6.08. The molecule has 0 spiro atoms. The van der Waals surface area contributed by atoms with Gasteiger partial charge in [-0.2, -0.15) is 10.2 Å². The van der Waals surface area contributed by atoms with Crippen molar-refractivity contribution in [2.45, 2.75) is 18.8 Å². The largest absolute Gasteiger partial charge is 0.340 e. The van der Waals surface area contributed by atoms with Gasteiger partial charge in [-0.1, -0.05) is 18.2 Å². The number of aliphatic imine (C=N–C) groups is 1. The van der Waals surface area contributed by atoms with E-state index in [4.69, 9.17) is 4.99 Å². The van der Waals surface area contributed by atoms with Gasteiger partial charge in [0.05, 0.1) is 23.5 Å². The van der Waals surface area contributed by atoms with Gasteiger partial charge in [0.2, 0.25) is 0 Å². The number of rotatable bonds is 5. The second-order valence-corrected chi connectivity index (χ2v) is 9.29. The predicted octanol–water partition coefficient (Wildman–Crippen LogP) is 4.67. The van der Waals surface area contributed by atoms with Crippen LogP contribution in [-0.4, -0.2) is 43.2 Å². The number of aromatic nitrogens is 5. The summed E-state index contributed by atoms with van der Waals surface area (Å²) in [6, 6.07) is 16.4. The van der Waals surface area contributed by atoms with Crippen molar-refractivity contribution in [3.05, 3.63) is 101 Å². The van der Waals surface area contributed by atoms with Crippen molar-refractivity contribution in [3.63, 3.8) is 0 Å². The van der Waals surface area contributed by atoms with Crippen LogP contribution in [0.2, 0.25) is 0 Å². The number of H-pyrrole nitrogens is 1. The number of hydrogen-bond acceptors (Lipinski definition) is 6. The lowest BCUT2D eigenvalue weighted by Crippen LogP contribution is -2.17. The number of benzene rings is 2. The molecule has 4 heterocycles. The first-order valence-corrected chi connectivity index (χ1v) is 12.3. The number of amidine groups is 1. The molecular weight excluding hydrogens is 483 g/mol. The van der Waals surface area contributed by atoms with Crippen LogP contribution < -0.4 is 10.6 Å². The van der Waals surface area contributed by atoms with Crippen molar-refractivity contribution in [2.24, 2.45) is 12.0 Å². The zero-order chi connectivity index (χ0) is 26.1. The molecule has 1 atom stereocenters. The van der Waals surface area contributed by atoms with Gasteiger partial charge in [0.25, 0.3) is 5.91 Å². The predicted molar refractivity (Wildman–Crippen MR) is 144 cm³/mol. The number of fused-ring (bicyclic) bond motifs is 2. The second kappa shape index (κ2) is 9.89. The summed E-state index contributed by atoms with van der Waals surface area (Å²) in [5.74, 6) is 0.381. The van der Waals surface area contributed by atoms with Crippen LogP contribution in [-0.2, 0) is 13.5 Å². The van der Waals surface area contributed by atoms with E-state index in [1.54, 1.807) is 36.3 Å². The average molecular weight is 509 g/mol. The van der Waals surface area contributed by atoms with E-state index in [0.29, 0.717) is 42.2 Å². The average Bonchev–Trinajstić information content (AvgIpc) is 3.52. The van der Waals surface area contributed by atoms with E-state index >= 15 is 4.39 Å². The molecule has 3 aromatic heterocycles. The first-order valence-electron chi connectivity index (χ1n) is 12.3. The fourth-order valence-electron chi connectivity index (χ4n) is 4.83. The third-order valence-corrected chi connectivity index (χ3v) is 6.64. The maximum atomic E-state index is 15.3. The molecule has 9 nitrogen and oxygen atoms in total. The summed E-state index contributed by atoms with van der Waals surface area (Å²) >= 11 is 0. The minimum atomic E-state index is -0.286. The van der Waals surface area contributed by atoms with Gasteiger partial charge < -0.3 is 10.6 Å². The monoisotopic (exact) mass is 508 g/mol. The Hall–Kier alpha value is -4.86. The third kappa shape index (κ3) is 4.75. The molecule has 2 aromatic carbocycles. The van der Waals surface area contributed by atoms with Gasteiger partial charge in [-0.05, 0) is 55.2 Å². The molecule has 0 bridgehead atoms. The van der Waals surface area contributed by atoms with Crippen molar-refractivity contribution in [1.29, 1.82) is 0 Å². The van der Waals surface area contributed by atoms with Gasteiger partial charge in [0.15, 0.2) is 0 Å². The van der Waals surface area contributed by atoms with Crippen LogP contribution in [0.3, 0.4) is 0 Å². The second-order valence-electron chi connectivity index (χ2n) is 9.29. The molecule has 6 rings (SSSR count). The number of carbonyl (C=O) groups is 1. The Morgan fingerprint density at radius 1 is 1.16 bits per heavy atom.